The molecule has 1 aliphatic heterocycles. The lowest BCUT2D eigenvalue weighted by Gasteiger charge is -2.39. The second-order valence-corrected chi connectivity index (χ2v) is 10.4. The lowest BCUT2D eigenvalue weighted by atomic mass is 9.97. The topological polar surface area (TPSA) is 106 Å². The average molecular weight is 455 g/mol. The summed E-state index contributed by atoms with van der Waals surface area (Å²) in [5, 5.41) is 13.8. The minimum atomic E-state index is -3.94. The average Bonchev–Trinajstić information content (AvgIpc) is 2.80. The molecule has 0 aliphatic carbocycles. The van der Waals surface area contributed by atoms with Gasteiger partial charge in [0.05, 0.1) is 10.4 Å². The number of nitrogens with zero attached hydrogens (tertiary/aromatic N) is 1. The predicted molar refractivity (Wildman–Crippen MR) is 121 cm³/mol. The van der Waals surface area contributed by atoms with Crippen molar-refractivity contribution in [2.45, 2.75) is 42.1 Å². The first-order chi connectivity index (χ1) is 15.4. The molecular weight excluding hydrogens is 428 g/mol. The van der Waals surface area contributed by atoms with Gasteiger partial charge < -0.3 is 15.2 Å². The molecule has 1 atom stereocenters. The molecule has 0 radical (unpaired) electrons. The molecule has 1 saturated heterocycles. The van der Waals surface area contributed by atoms with Crippen molar-refractivity contribution in [2.24, 2.45) is 0 Å². The number of pyridine rings is 1. The van der Waals surface area contributed by atoms with Gasteiger partial charge in [-0.05, 0) is 61.6 Å². The smallest absolute Gasteiger partial charge is 0.209 e. The van der Waals surface area contributed by atoms with Crippen LogP contribution in [0.3, 0.4) is 0 Å². The summed E-state index contributed by atoms with van der Waals surface area (Å²) < 4.78 is 30.9. The molecule has 8 heteroatoms. The van der Waals surface area contributed by atoms with Crippen LogP contribution in [0, 0.1) is 6.92 Å². The normalized spacial score (nSPS) is 17.1. The highest BCUT2D eigenvalue weighted by molar-refractivity contribution is 7.93. The highest BCUT2D eigenvalue weighted by Gasteiger charge is 2.51. The van der Waals surface area contributed by atoms with E-state index >= 15 is 0 Å². The van der Waals surface area contributed by atoms with E-state index in [9.17, 15) is 18.3 Å². The number of carbonyl (C=O) groups is 1. The summed E-state index contributed by atoms with van der Waals surface area (Å²) in [6.45, 7) is 2.35. The van der Waals surface area contributed by atoms with Gasteiger partial charge in [0.1, 0.15) is 11.0 Å². The van der Waals surface area contributed by atoms with Gasteiger partial charge in [-0.3, -0.25) is 9.78 Å². The summed E-state index contributed by atoms with van der Waals surface area (Å²) in [6.07, 6.45) is -0.359. The number of sulfone groups is 1. The molecule has 2 N–H and O–H groups in total. The van der Waals surface area contributed by atoms with E-state index < -0.39 is 20.8 Å². The van der Waals surface area contributed by atoms with Gasteiger partial charge in [-0.2, -0.15) is 0 Å². The van der Waals surface area contributed by atoms with E-state index in [2.05, 4.69) is 10.3 Å². The van der Waals surface area contributed by atoms with Crippen LogP contribution in [0.2, 0.25) is 0 Å². The first kappa shape index (κ1) is 22.4. The molecule has 168 valence electrons. The maximum absolute atomic E-state index is 13.5. The van der Waals surface area contributed by atoms with Gasteiger partial charge in [-0.15, -0.1) is 0 Å². The minimum absolute atomic E-state index is 0.0986. The number of nitrogens with one attached hydrogen (secondary N) is 1. The summed E-state index contributed by atoms with van der Waals surface area (Å²) >= 11 is 0. The molecule has 32 heavy (non-hydrogen) atoms. The number of carbonyl (C=O) groups excluding carboxylic acids is 1. The molecule has 1 aliphatic rings. The molecule has 0 saturated carbocycles. The molecule has 1 aromatic heterocycles. The van der Waals surface area contributed by atoms with Crippen LogP contribution >= 0.6 is 0 Å². The first-order valence-corrected chi connectivity index (χ1v) is 12.0. The fraction of sp³-hybridized carbons (Fsp3) is 0.333. The van der Waals surface area contributed by atoms with E-state index in [0.717, 1.165) is 27.7 Å². The zero-order chi connectivity index (χ0) is 22.8. The summed E-state index contributed by atoms with van der Waals surface area (Å²) in [4.78, 5) is 15.6. The number of amides is 1. The molecule has 1 fully saturated rings. The van der Waals surface area contributed by atoms with E-state index in [4.69, 9.17) is 4.74 Å². The molecule has 0 bridgehead atoms. The van der Waals surface area contributed by atoms with Gasteiger partial charge in [-0.25, -0.2) is 8.42 Å². The van der Waals surface area contributed by atoms with Crippen LogP contribution < -0.4 is 5.32 Å². The van der Waals surface area contributed by atoms with Crippen LogP contribution in [0.25, 0.3) is 10.9 Å². The number of aliphatic hydroxyl groups excluding tert-OH is 1. The Hall–Kier alpha value is -2.81. The lowest BCUT2D eigenvalue weighted by molar-refractivity contribution is -0.113. The van der Waals surface area contributed by atoms with Crippen LogP contribution in [-0.2, 0) is 25.8 Å². The molecule has 3 aromatic rings. The number of aromatic nitrogens is 1. The van der Waals surface area contributed by atoms with Crippen molar-refractivity contribution < 1.29 is 23.1 Å². The second kappa shape index (κ2) is 8.97. The Kier molecular flexibility index (Phi) is 6.28. The third-order valence-corrected chi connectivity index (χ3v) is 8.75. The SMILES string of the molecule is Cc1cc(Cc2ccc(S(=O)(=O)C3(C(O)NC=O)CCOCC3)cc2)c2ccccc2n1. The Morgan fingerprint density at radius 2 is 1.84 bits per heavy atom. The number of hydrogen-bond donors (Lipinski definition) is 2. The number of hydrogen-bond acceptors (Lipinski definition) is 6. The van der Waals surface area contributed by atoms with Crippen molar-refractivity contribution in [3.8, 4) is 0 Å². The number of aryl methyl sites for hydroxylation is 1. The highest BCUT2D eigenvalue weighted by atomic mass is 32.2. The largest absolute Gasteiger partial charge is 0.381 e. The molecule has 1 unspecified atom stereocenters. The van der Waals surface area contributed by atoms with Gasteiger partial charge in [0.15, 0.2) is 9.84 Å². The van der Waals surface area contributed by atoms with E-state index in [1.807, 2.05) is 37.3 Å². The number of fused-ring (bicyclic) bond motifs is 1. The number of benzene rings is 2. The van der Waals surface area contributed by atoms with Crippen molar-refractivity contribution in [2.75, 3.05) is 13.2 Å². The van der Waals surface area contributed by atoms with Crippen molar-refractivity contribution in [3.05, 3.63) is 71.4 Å². The van der Waals surface area contributed by atoms with Gasteiger partial charge >= 0.3 is 0 Å². The van der Waals surface area contributed by atoms with E-state index in [0.29, 0.717) is 12.8 Å². The highest BCUT2D eigenvalue weighted by Crippen LogP contribution is 2.37. The van der Waals surface area contributed by atoms with Gasteiger partial charge in [0.25, 0.3) is 0 Å². The third-order valence-electron chi connectivity index (χ3n) is 6.16. The molecular formula is C24H26N2O5S. The summed E-state index contributed by atoms with van der Waals surface area (Å²) in [5.41, 5.74) is 3.94. The minimum Gasteiger partial charge on any atom is -0.381 e. The first-order valence-electron chi connectivity index (χ1n) is 10.5. The molecule has 2 heterocycles. The van der Waals surface area contributed by atoms with E-state index in [1.165, 1.54) is 0 Å². The van der Waals surface area contributed by atoms with Gasteiger partial charge in [-0.1, -0.05) is 30.3 Å². The van der Waals surface area contributed by atoms with Crippen LogP contribution in [0.15, 0.2) is 59.5 Å². The molecule has 0 spiro atoms. The Morgan fingerprint density at radius 1 is 1.16 bits per heavy atom. The van der Waals surface area contributed by atoms with Crippen LogP contribution in [0.1, 0.15) is 29.7 Å². The Balaban J connectivity index is 1.65. The molecule has 7 nitrogen and oxygen atoms in total. The zero-order valence-corrected chi connectivity index (χ0v) is 18.6. The van der Waals surface area contributed by atoms with Crippen molar-refractivity contribution in [1.29, 1.82) is 0 Å². The second-order valence-electron chi connectivity index (χ2n) is 8.13. The molecule has 2 aromatic carbocycles. The van der Waals surface area contributed by atoms with Crippen LogP contribution in [0.5, 0.6) is 0 Å². The van der Waals surface area contributed by atoms with Gasteiger partial charge in [0, 0.05) is 24.3 Å². The molecule has 1 amide bonds. The van der Waals surface area contributed by atoms with Crippen molar-refractivity contribution in [1.82, 2.24) is 10.3 Å². The predicted octanol–water partition coefficient (Wildman–Crippen LogP) is 2.52. The summed E-state index contributed by atoms with van der Waals surface area (Å²) in [5.74, 6) is 0. The molecule has 4 rings (SSSR count). The number of ether oxygens (including phenoxy) is 1. The van der Waals surface area contributed by atoms with Crippen LogP contribution in [0.4, 0.5) is 0 Å². The maximum atomic E-state index is 13.5. The monoisotopic (exact) mass is 454 g/mol. The Labute approximate surface area is 187 Å². The van der Waals surface area contributed by atoms with E-state index in [1.54, 1.807) is 24.3 Å². The summed E-state index contributed by atoms with van der Waals surface area (Å²) in [7, 11) is -3.94. The summed E-state index contributed by atoms with van der Waals surface area (Å²) in [6, 6.07) is 16.7. The Morgan fingerprint density at radius 3 is 2.53 bits per heavy atom. The van der Waals surface area contributed by atoms with Gasteiger partial charge in [0.2, 0.25) is 6.41 Å². The number of rotatable bonds is 7. The number of aliphatic hydroxyl groups is 1. The van der Waals surface area contributed by atoms with Crippen molar-refractivity contribution >= 4 is 27.2 Å². The zero-order valence-electron chi connectivity index (χ0n) is 17.8. The number of para-hydroxylation sites is 1. The Bertz CT molecular complexity index is 1220. The van der Waals surface area contributed by atoms with Crippen LogP contribution in [-0.4, -0.2) is 49.1 Å². The standard InChI is InChI=1S/C24H26N2O5S/c1-17-14-19(21-4-2-3-5-22(21)26-17)15-18-6-8-20(9-7-18)32(29,30)24(23(28)25-16-27)10-12-31-13-11-24/h2-9,14,16,23,28H,10-13,15H2,1H3,(H,25,27). The van der Waals surface area contributed by atoms with Crippen molar-refractivity contribution in [3.63, 3.8) is 0 Å². The third kappa shape index (κ3) is 4.01. The fourth-order valence-corrected chi connectivity index (χ4v) is 6.43. The maximum Gasteiger partial charge on any atom is 0.209 e. The quantitative estimate of drug-likeness (QED) is 0.420. The fourth-order valence-electron chi connectivity index (χ4n) is 4.40. The lowest BCUT2D eigenvalue weighted by Crippen LogP contribution is -2.58. The van der Waals surface area contributed by atoms with E-state index in [-0.39, 0.29) is 31.0 Å².